The molecule has 180 valence electrons. The lowest BCUT2D eigenvalue weighted by Crippen LogP contribution is -2.37. The Balaban J connectivity index is 1.27. The van der Waals surface area contributed by atoms with Crippen LogP contribution in [-0.2, 0) is 22.5 Å². The van der Waals surface area contributed by atoms with Gasteiger partial charge in [-0.2, -0.15) is 0 Å². The summed E-state index contributed by atoms with van der Waals surface area (Å²) in [5.74, 6) is 0.749. The van der Waals surface area contributed by atoms with Crippen LogP contribution in [0.1, 0.15) is 57.5 Å². The molecular weight excluding hydrogens is 434 g/mol. The van der Waals surface area contributed by atoms with Gasteiger partial charge in [-0.25, -0.2) is 4.98 Å². The van der Waals surface area contributed by atoms with E-state index >= 15 is 0 Å². The molecule has 1 saturated heterocycles. The Morgan fingerprint density at radius 3 is 2.70 bits per heavy atom. The fourth-order valence-corrected chi connectivity index (χ4v) is 5.70. The van der Waals surface area contributed by atoms with E-state index in [1.807, 2.05) is 32.9 Å². The number of thiazole rings is 1. The largest absolute Gasteiger partial charge is 0.494 e. The summed E-state index contributed by atoms with van der Waals surface area (Å²) < 4.78 is 11.4. The molecule has 0 N–H and O–H groups in total. The van der Waals surface area contributed by atoms with E-state index < -0.39 is 5.60 Å². The Morgan fingerprint density at radius 2 is 2.00 bits per heavy atom. The van der Waals surface area contributed by atoms with Crippen LogP contribution in [0.25, 0.3) is 10.6 Å². The maximum atomic E-state index is 12.2. The molecule has 0 unspecified atom stereocenters. The van der Waals surface area contributed by atoms with E-state index in [1.54, 1.807) is 11.3 Å². The predicted octanol–water partition coefficient (Wildman–Crippen LogP) is 4.76. The minimum atomic E-state index is -0.446. The molecule has 33 heavy (non-hydrogen) atoms. The number of rotatable bonds is 8. The van der Waals surface area contributed by atoms with Gasteiger partial charge < -0.3 is 14.4 Å². The highest BCUT2D eigenvalue weighted by Crippen LogP contribution is 2.32. The van der Waals surface area contributed by atoms with Crippen LogP contribution >= 0.6 is 11.3 Å². The fraction of sp³-hybridized carbons (Fsp3) is 0.615. The van der Waals surface area contributed by atoms with Gasteiger partial charge in [0.05, 0.1) is 18.8 Å². The summed E-state index contributed by atoms with van der Waals surface area (Å²) in [6.07, 6.45) is 4.58. The topological polar surface area (TPSA) is 54.9 Å². The summed E-state index contributed by atoms with van der Waals surface area (Å²) in [4.78, 5) is 23.0. The molecular formula is C26H37N3O3S. The van der Waals surface area contributed by atoms with Crippen LogP contribution in [0.2, 0.25) is 0 Å². The van der Waals surface area contributed by atoms with Crippen LogP contribution in [-0.4, -0.2) is 65.2 Å². The van der Waals surface area contributed by atoms with Crippen molar-refractivity contribution in [1.29, 1.82) is 0 Å². The molecule has 1 atom stereocenters. The minimum Gasteiger partial charge on any atom is -0.494 e. The minimum absolute atomic E-state index is 0.166. The van der Waals surface area contributed by atoms with Gasteiger partial charge >= 0.3 is 5.97 Å². The monoisotopic (exact) mass is 471 g/mol. The van der Waals surface area contributed by atoms with Crippen molar-refractivity contribution in [2.24, 2.45) is 0 Å². The number of ether oxygens (including phenoxy) is 2. The molecule has 0 radical (unpaired) electrons. The lowest BCUT2D eigenvalue weighted by atomic mass is 10.1. The predicted molar refractivity (Wildman–Crippen MR) is 133 cm³/mol. The molecule has 1 aromatic carbocycles. The Labute approximate surface area is 201 Å². The van der Waals surface area contributed by atoms with Crippen molar-refractivity contribution in [3.05, 3.63) is 34.8 Å². The average molecular weight is 472 g/mol. The Hall–Kier alpha value is -1.96. The second-order valence-corrected chi connectivity index (χ2v) is 11.3. The Bertz CT molecular complexity index is 935. The van der Waals surface area contributed by atoms with Crippen molar-refractivity contribution in [3.8, 4) is 16.3 Å². The van der Waals surface area contributed by atoms with E-state index in [1.165, 1.54) is 24.3 Å². The number of carbonyl (C=O) groups excluding carboxylic acids is 1. The third-order valence-corrected chi connectivity index (χ3v) is 7.36. The number of aromatic nitrogens is 1. The molecule has 0 aliphatic carbocycles. The highest BCUT2D eigenvalue weighted by molar-refractivity contribution is 7.15. The van der Waals surface area contributed by atoms with Crippen molar-refractivity contribution < 1.29 is 14.3 Å². The summed E-state index contributed by atoms with van der Waals surface area (Å²) in [6, 6.07) is 9.01. The van der Waals surface area contributed by atoms with E-state index in [2.05, 4.69) is 28.9 Å². The summed E-state index contributed by atoms with van der Waals surface area (Å²) >= 11 is 1.72. The maximum Gasteiger partial charge on any atom is 0.320 e. The third-order valence-electron chi connectivity index (χ3n) is 6.23. The van der Waals surface area contributed by atoms with Crippen LogP contribution < -0.4 is 4.74 Å². The van der Waals surface area contributed by atoms with Crippen molar-refractivity contribution in [2.75, 3.05) is 32.8 Å². The summed E-state index contributed by atoms with van der Waals surface area (Å²) in [7, 11) is 0. The number of hydrogen-bond donors (Lipinski definition) is 0. The van der Waals surface area contributed by atoms with Crippen LogP contribution in [0.4, 0.5) is 0 Å². The molecule has 1 fully saturated rings. The molecule has 2 aliphatic heterocycles. The fourth-order valence-electron chi connectivity index (χ4n) is 4.54. The number of fused-ring (bicyclic) bond motifs is 1. The van der Waals surface area contributed by atoms with E-state index in [0.29, 0.717) is 6.54 Å². The lowest BCUT2D eigenvalue weighted by molar-refractivity contribution is -0.156. The van der Waals surface area contributed by atoms with Crippen LogP contribution in [0.3, 0.4) is 0 Å². The molecule has 2 aliphatic rings. The van der Waals surface area contributed by atoms with E-state index in [4.69, 9.17) is 14.5 Å². The zero-order chi connectivity index (χ0) is 23.4. The van der Waals surface area contributed by atoms with Gasteiger partial charge in [0, 0.05) is 42.5 Å². The second kappa shape index (κ2) is 10.5. The van der Waals surface area contributed by atoms with Crippen LogP contribution in [0.5, 0.6) is 5.75 Å². The average Bonchev–Trinajstić information content (AvgIpc) is 3.36. The van der Waals surface area contributed by atoms with Gasteiger partial charge in [-0.15, -0.1) is 11.3 Å². The van der Waals surface area contributed by atoms with Crippen molar-refractivity contribution in [1.82, 2.24) is 14.8 Å². The molecule has 0 amide bonds. The quantitative estimate of drug-likeness (QED) is 0.409. The standard InChI is InChI=1S/C26H37N3O3S/c1-19-7-5-13-29(19)14-6-16-31-21-10-8-20(9-11-21)25-27-22-12-15-28(17-23(22)33-25)18-24(30)32-26(2,3)4/h8-11,19H,5-7,12-18H2,1-4H3/t19-/m1/s1. The molecule has 0 saturated carbocycles. The summed E-state index contributed by atoms with van der Waals surface area (Å²) in [6.45, 7) is 13.0. The van der Waals surface area contributed by atoms with Gasteiger partial charge in [-0.05, 0) is 77.8 Å². The van der Waals surface area contributed by atoms with Crippen molar-refractivity contribution >= 4 is 17.3 Å². The van der Waals surface area contributed by atoms with E-state index in [-0.39, 0.29) is 5.97 Å². The van der Waals surface area contributed by atoms with Crippen molar-refractivity contribution in [2.45, 2.75) is 71.6 Å². The van der Waals surface area contributed by atoms with Gasteiger partial charge in [0.25, 0.3) is 0 Å². The maximum absolute atomic E-state index is 12.2. The third kappa shape index (κ3) is 6.78. The normalized spacial score (nSPS) is 19.5. The number of nitrogens with zero attached hydrogens (tertiary/aromatic N) is 3. The number of hydrogen-bond acceptors (Lipinski definition) is 7. The summed E-state index contributed by atoms with van der Waals surface area (Å²) in [5, 5.41) is 1.04. The number of esters is 1. The SMILES string of the molecule is C[C@@H]1CCCN1CCCOc1ccc(-c2nc3c(s2)CN(CC(=O)OC(C)(C)C)CC3)cc1. The Morgan fingerprint density at radius 1 is 1.21 bits per heavy atom. The smallest absolute Gasteiger partial charge is 0.320 e. The number of carbonyl (C=O) groups is 1. The second-order valence-electron chi connectivity index (χ2n) is 10.2. The zero-order valence-corrected chi connectivity index (χ0v) is 21.2. The van der Waals surface area contributed by atoms with Crippen LogP contribution in [0.15, 0.2) is 24.3 Å². The molecule has 3 heterocycles. The first-order valence-corrected chi connectivity index (χ1v) is 13.0. The lowest BCUT2D eigenvalue weighted by Gasteiger charge is -2.27. The van der Waals surface area contributed by atoms with Crippen LogP contribution in [0, 0.1) is 0 Å². The highest BCUT2D eigenvalue weighted by atomic mass is 32.1. The molecule has 4 rings (SSSR count). The van der Waals surface area contributed by atoms with Crippen molar-refractivity contribution in [3.63, 3.8) is 0 Å². The van der Waals surface area contributed by atoms with Gasteiger partial charge in [-0.1, -0.05) is 0 Å². The molecule has 2 aromatic rings. The first kappa shape index (κ1) is 24.2. The van der Waals surface area contributed by atoms with Gasteiger partial charge in [0.2, 0.25) is 0 Å². The molecule has 6 nitrogen and oxygen atoms in total. The molecule has 7 heteroatoms. The summed E-state index contributed by atoms with van der Waals surface area (Å²) in [5.41, 5.74) is 1.83. The molecule has 1 aromatic heterocycles. The number of likely N-dealkylation sites (tertiary alicyclic amines) is 1. The van der Waals surface area contributed by atoms with E-state index in [0.717, 1.165) is 67.1 Å². The van der Waals surface area contributed by atoms with Gasteiger partial charge in [-0.3, -0.25) is 9.69 Å². The highest BCUT2D eigenvalue weighted by Gasteiger charge is 2.25. The number of benzene rings is 1. The first-order valence-electron chi connectivity index (χ1n) is 12.2. The molecule has 0 spiro atoms. The first-order chi connectivity index (χ1) is 15.8. The van der Waals surface area contributed by atoms with Gasteiger partial charge in [0.1, 0.15) is 16.4 Å². The molecule has 0 bridgehead atoms. The zero-order valence-electron chi connectivity index (χ0n) is 20.4. The van der Waals surface area contributed by atoms with Gasteiger partial charge in [0.15, 0.2) is 0 Å². The Kier molecular flexibility index (Phi) is 7.72. The van der Waals surface area contributed by atoms with E-state index in [9.17, 15) is 4.79 Å².